The number of nitrogens with one attached hydrogen (secondary N) is 1. The maximum absolute atomic E-state index is 4.35. The van der Waals surface area contributed by atoms with Crippen molar-refractivity contribution in [1.29, 1.82) is 0 Å². The van der Waals surface area contributed by atoms with Crippen LogP contribution in [-0.4, -0.2) is 38.2 Å². The molecule has 90 valence electrons. The standard InChI is InChI=1S/C10H14N6S/c1-11-10-14-13-9(17-10)7-15-4-5-16-3-2-12-8(16)6-15/h2-3H,4-7H2,1H3,(H,11,14). The molecule has 17 heavy (non-hydrogen) atoms. The molecule has 0 bridgehead atoms. The van der Waals surface area contributed by atoms with Crippen LogP contribution in [0.4, 0.5) is 5.13 Å². The van der Waals surface area contributed by atoms with Crippen molar-refractivity contribution in [1.82, 2.24) is 24.6 Å². The molecule has 0 unspecified atom stereocenters. The van der Waals surface area contributed by atoms with Crippen LogP contribution in [0.5, 0.6) is 0 Å². The first kappa shape index (κ1) is 10.7. The molecule has 3 rings (SSSR count). The molecule has 6 nitrogen and oxygen atoms in total. The Morgan fingerprint density at radius 3 is 3.18 bits per heavy atom. The third kappa shape index (κ3) is 2.16. The van der Waals surface area contributed by atoms with E-state index in [1.807, 2.05) is 19.4 Å². The predicted octanol–water partition coefficient (Wildman–Crippen LogP) is 0.792. The Bertz CT molecular complexity index is 504. The van der Waals surface area contributed by atoms with E-state index in [4.69, 9.17) is 0 Å². The maximum Gasteiger partial charge on any atom is 0.205 e. The van der Waals surface area contributed by atoms with Gasteiger partial charge in [-0.15, -0.1) is 10.2 Å². The summed E-state index contributed by atoms with van der Waals surface area (Å²) in [6, 6.07) is 0. The lowest BCUT2D eigenvalue weighted by molar-refractivity contribution is 0.208. The number of imidazole rings is 1. The summed E-state index contributed by atoms with van der Waals surface area (Å²) in [6.45, 7) is 3.79. The van der Waals surface area contributed by atoms with Crippen molar-refractivity contribution in [3.8, 4) is 0 Å². The average molecular weight is 250 g/mol. The highest BCUT2D eigenvalue weighted by Crippen LogP contribution is 2.18. The van der Waals surface area contributed by atoms with Crippen molar-refractivity contribution in [2.75, 3.05) is 18.9 Å². The molecule has 7 heteroatoms. The average Bonchev–Trinajstić information content (AvgIpc) is 2.96. The Labute approximate surface area is 103 Å². The van der Waals surface area contributed by atoms with E-state index < -0.39 is 0 Å². The van der Waals surface area contributed by atoms with Crippen LogP contribution >= 0.6 is 11.3 Å². The number of hydrogen-bond acceptors (Lipinski definition) is 6. The topological polar surface area (TPSA) is 58.9 Å². The van der Waals surface area contributed by atoms with Crippen LogP contribution in [0.3, 0.4) is 0 Å². The first-order chi connectivity index (χ1) is 8.35. The second kappa shape index (κ2) is 4.42. The second-order valence-electron chi connectivity index (χ2n) is 4.00. The molecule has 2 aromatic rings. The van der Waals surface area contributed by atoms with Crippen molar-refractivity contribution in [3.05, 3.63) is 23.2 Å². The lowest BCUT2D eigenvalue weighted by Gasteiger charge is -2.26. The fourth-order valence-electron chi connectivity index (χ4n) is 1.97. The van der Waals surface area contributed by atoms with Gasteiger partial charge in [0.15, 0.2) is 0 Å². The van der Waals surface area contributed by atoms with Crippen LogP contribution in [-0.2, 0) is 19.6 Å². The molecule has 1 aliphatic heterocycles. The van der Waals surface area contributed by atoms with Gasteiger partial charge in [-0.3, -0.25) is 4.90 Å². The zero-order chi connectivity index (χ0) is 11.7. The maximum atomic E-state index is 4.35. The quantitative estimate of drug-likeness (QED) is 0.873. The van der Waals surface area contributed by atoms with Crippen LogP contribution in [0.15, 0.2) is 12.4 Å². The number of aromatic nitrogens is 4. The van der Waals surface area contributed by atoms with Gasteiger partial charge in [-0.05, 0) is 0 Å². The predicted molar refractivity (Wildman–Crippen MR) is 65.8 cm³/mol. The van der Waals surface area contributed by atoms with Gasteiger partial charge in [-0.2, -0.15) is 0 Å². The zero-order valence-electron chi connectivity index (χ0n) is 9.63. The van der Waals surface area contributed by atoms with Crippen LogP contribution in [0.1, 0.15) is 10.8 Å². The summed E-state index contributed by atoms with van der Waals surface area (Å²) in [5, 5.41) is 13.1. The molecule has 0 spiro atoms. The van der Waals surface area contributed by atoms with Gasteiger partial charge in [0.25, 0.3) is 0 Å². The lowest BCUT2D eigenvalue weighted by atomic mass is 10.3. The summed E-state index contributed by atoms with van der Waals surface area (Å²) in [5.74, 6) is 1.13. The molecule has 0 aromatic carbocycles. The normalized spacial score (nSPS) is 15.8. The van der Waals surface area contributed by atoms with Gasteiger partial charge in [-0.25, -0.2) is 4.98 Å². The summed E-state index contributed by atoms with van der Waals surface area (Å²) in [4.78, 5) is 6.70. The van der Waals surface area contributed by atoms with Gasteiger partial charge in [0.05, 0.1) is 13.1 Å². The molecule has 2 aromatic heterocycles. The number of fused-ring (bicyclic) bond motifs is 1. The van der Waals surface area contributed by atoms with Gasteiger partial charge in [0, 0.05) is 32.5 Å². The molecule has 0 saturated heterocycles. The number of hydrogen-bond donors (Lipinski definition) is 1. The molecule has 0 atom stereocenters. The molecule has 0 saturated carbocycles. The van der Waals surface area contributed by atoms with E-state index in [2.05, 4.69) is 30.0 Å². The van der Waals surface area contributed by atoms with Crippen molar-refractivity contribution in [2.24, 2.45) is 0 Å². The first-order valence-electron chi connectivity index (χ1n) is 5.57. The third-order valence-electron chi connectivity index (χ3n) is 2.86. The minimum absolute atomic E-state index is 0.853. The fraction of sp³-hybridized carbons (Fsp3) is 0.500. The summed E-state index contributed by atoms with van der Waals surface area (Å²) in [6.07, 6.45) is 3.90. The van der Waals surface area contributed by atoms with Crippen molar-refractivity contribution in [3.63, 3.8) is 0 Å². The molecule has 0 aliphatic carbocycles. The first-order valence-corrected chi connectivity index (χ1v) is 6.39. The van der Waals surface area contributed by atoms with Crippen molar-refractivity contribution < 1.29 is 0 Å². The summed E-state index contributed by atoms with van der Waals surface area (Å²) < 4.78 is 2.20. The lowest BCUT2D eigenvalue weighted by Crippen LogP contribution is -2.33. The van der Waals surface area contributed by atoms with E-state index >= 15 is 0 Å². The smallest absolute Gasteiger partial charge is 0.205 e. The second-order valence-corrected chi connectivity index (χ2v) is 5.06. The Morgan fingerprint density at radius 2 is 2.35 bits per heavy atom. The van der Waals surface area contributed by atoms with E-state index in [-0.39, 0.29) is 0 Å². The van der Waals surface area contributed by atoms with E-state index in [1.54, 1.807) is 11.3 Å². The Balaban J connectivity index is 1.67. The number of anilines is 1. The Hall–Kier alpha value is -1.47. The van der Waals surface area contributed by atoms with Gasteiger partial charge in [0.1, 0.15) is 10.8 Å². The molecular weight excluding hydrogens is 236 g/mol. The minimum atomic E-state index is 0.853. The number of nitrogens with zero attached hydrogens (tertiary/aromatic N) is 5. The highest BCUT2D eigenvalue weighted by molar-refractivity contribution is 7.15. The molecule has 3 heterocycles. The fourth-order valence-corrected chi connectivity index (χ4v) is 2.70. The van der Waals surface area contributed by atoms with E-state index in [0.29, 0.717) is 0 Å². The SMILES string of the molecule is CNc1nnc(CN2CCn3ccnc3C2)s1. The van der Waals surface area contributed by atoms with Crippen LogP contribution in [0.25, 0.3) is 0 Å². The summed E-state index contributed by atoms with van der Waals surface area (Å²) >= 11 is 1.61. The summed E-state index contributed by atoms with van der Waals surface area (Å²) in [7, 11) is 1.86. The largest absolute Gasteiger partial charge is 0.363 e. The third-order valence-corrected chi connectivity index (χ3v) is 3.79. The van der Waals surface area contributed by atoms with Crippen molar-refractivity contribution >= 4 is 16.5 Å². The minimum Gasteiger partial charge on any atom is -0.363 e. The van der Waals surface area contributed by atoms with E-state index in [0.717, 1.165) is 42.1 Å². The molecule has 1 N–H and O–H groups in total. The monoisotopic (exact) mass is 250 g/mol. The molecule has 0 radical (unpaired) electrons. The summed E-state index contributed by atoms with van der Waals surface area (Å²) in [5.41, 5.74) is 0. The van der Waals surface area contributed by atoms with Crippen LogP contribution in [0, 0.1) is 0 Å². The molecule has 0 amide bonds. The highest BCUT2D eigenvalue weighted by atomic mass is 32.1. The van der Waals surface area contributed by atoms with Crippen LogP contribution < -0.4 is 5.32 Å². The van der Waals surface area contributed by atoms with Gasteiger partial charge in [-0.1, -0.05) is 11.3 Å². The molecular formula is C10H14N6S. The zero-order valence-corrected chi connectivity index (χ0v) is 10.4. The van der Waals surface area contributed by atoms with Gasteiger partial charge in [0.2, 0.25) is 5.13 Å². The molecule has 0 fully saturated rings. The van der Waals surface area contributed by atoms with Crippen LogP contribution in [0.2, 0.25) is 0 Å². The van der Waals surface area contributed by atoms with E-state index in [9.17, 15) is 0 Å². The Morgan fingerprint density at radius 1 is 1.41 bits per heavy atom. The molecule has 1 aliphatic rings. The highest BCUT2D eigenvalue weighted by Gasteiger charge is 2.17. The van der Waals surface area contributed by atoms with Crippen molar-refractivity contribution in [2.45, 2.75) is 19.6 Å². The number of rotatable bonds is 3. The Kier molecular flexibility index (Phi) is 2.77. The van der Waals surface area contributed by atoms with E-state index in [1.165, 1.54) is 0 Å². The van der Waals surface area contributed by atoms with Gasteiger partial charge >= 0.3 is 0 Å². The van der Waals surface area contributed by atoms with Gasteiger partial charge < -0.3 is 9.88 Å².